The predicted octanol–water partition coefficient (Wildman–Crippen LogP) is 4.14. The number of benzene rings is 2. The lowest BCUT2D eigenvalue weighted by atomic mass is 9.99. The molecule has 0 bridgehead atoms. The first kappa shape index (κ1) is 22.2. The van der Waals surface area contributed by atoms with Crippen LogP contribution in [0.4, 0.5) is 5.69 Å². The van der Waals surface area contributed by atoms with Crippen molar-refractivity contribution in [2.75, 3.05) is 23.0 Å². The largest absolute Gasteiger partial charge is 0.484 e. The van der Waals surface area contributed by atoms with Crippen molar-refractivity contribution in [3.8, 4) is 5.75 Å². The molecular formula is C22H23ClN2O4S2. The van der Waals surface area contributed by atoms with E-state index in [1.54, 1.807) is 24.3 Å². The summed E-state index contributed by atoms with van der Waals surface area (Å²) in [6.07, 6.45) is 0. The van der Waals surface area contributed by atoms with Gasteiger partial charge in [0.25, 0.3) is 5.91 Å². The molecule has 0 saturated carbocycles. The van der Waals surface area contributed by atoms with Crippen molar-refractivity contribution in [1.82, 2.24) is 0 Å². The summed E-state index contributed by atoms with van der Waals surface area (Å²) in [7, 11) is -3.12. The summed E-state index contributed by atoms with van der Waals surface area (Å²) < 4.78 is 30.1. The van der Waals surface area contributed by atoms with E-state index in [0.717, 1.165) is 11.3 Å². The van der Waals surface area contributed by atoms with Crippen molar-refractivity contribution in [3.63, 3.8) is 0 Å². The average molecular weight is 479 g/mol. The molecule has 2 aliphatic rings. The van der Waals surface area contributed by atoms with E-state index >= 15 is 0 Å². The topological polar surface area (TPSA) is 76.0 Å². The van der Waals surface area contributed by atoms with Gasteiger partial charge >= 0.3 is 0 Å². The monoisotopic (exact) mass is 478 g/mol. The summed E-state index contributed by atoms with van der Waals surface area (Å²) in [4.78, 5) is 18.8. The Hall–Kier alpha value is -2.03. The minimum absolute atomic E-state index is 0.0611. The van der Waals surface area contributed by atoms with Crippen molar-refractivity contribution < 1.29 is 17.9 Å². The second kappa shape index (κ2) is 8.84. The number of ether oxygens (including phenoxy) is 1. The molecule has 2 heterocycles. The highest BCUT2D eigenvalue weighted by atomic mass is 35.5. The second-order valence-electron chi connectivity index (χ2n) is 7.91. The summed E-state index contributed by atoms with van der Waals surface area (Å²) in [6.45, 7) is 3.97. The third kappa shape index (κ3) is 4.91. The fraction of sp³-hybridized carbons (Fsp3) is 0.364. The smallest absolute Gasteiger partial charge is 0.285 e. The molecule has 2 aliphatic heterocycles. The van der Waals surface area contributed by atoms with Crippen LogP contribution >= 0.6 is 23.4 Å². The lowest BCUT2D eigenvalue weighted by Gasteiger charge is -2.28. The predicted molar refractivity (Wildman–Crippen MR) is 126 cm³/mol. The van der Waals surface area contributed by atoms with Gasteiger partial charge in [0, 0.05) is 16.0 Å². The molecule has 0 spiro atoms. The van der Waals surface area contributed by atoms with Crippen LogP contribution in [0.25, 0.3) is 0 Å². The summed E-state index contributed by atoms with van der Waals surface area (Å²) in [5, 5.41) is 0.971. The number of hydrogen-bond acceptors (Lipinski definition) is 5. The van der Waals surface area contributed by atoms with Gasteiger partial charge in [0.1, 0.15) is 5.75 Å². The Kier molecular flexibility index (Phi) is 6.32. The number of para-hydroxylation sites is 1. The van der Waals surface area contributed by atoms with Gasteiger partial charge in [-0.3, -0.25) is 4.79 Å². The molecule has 0 unspecified atom stereocenters. The quantitative estimate of drug-likeness (QED) is 0.642. The molecular weight excluding hydrogens is 456 g/mol. The van der Waals surface area contributed by atoms with Gasteiger partial charge in [0.2, 0.25) is 0 Å². The minimum atomic E-state index is -3.12. The van der Waals surface area contributed by atoms with Crippen LogP contribution in [-0.2, 0) is 14.6 Å². The van der Waals surface area contributed by atoms with Gasteiger partial charge in [0.15, 0.2) is 21.6 Å². The Balaban J connectivity index is 1.61. The number of aliphatic imine (C=N–C) groups is 1. The Morgan fingerprint density at radius 2 is 1.90 bits per heavy atom. The van der Waals surface area contributed by atoms with Crippen LogP contribution < -0.4 is 9.64 Å². The number of hydrogen-bond donors (Lipinski definition) is 0. The normalized spacial score (nSPS) is 23.4. The molecule has 2 atom stereocenters. The second-order valence-corrected chi connectivity index (χ2v) is 11.7. The van der Waals surface area contributed by atoms with E-state index in [0.29, 0.717) is 15.9 Å². The molecule has 2 aromatic rings. The molecule has 2 saturated heterocycles. The van der Waals surface area contributed by atoms with Crippen molar-refractivity contribution in [2.45, 2.75) is 31.1 Å². The van der Waals surface area contributed by atoms with E-state index in [1.165, 1.54) is 11.8 Å². The van der Waals surface area contributed by atoms with Crippen LogP contribution in [-0.4, -0.2) is 48.9 Å². The van der Waals surface area contributed by atoms with Crippen molar-refractivity contribution in [3.05, 3.63) is 59.1 Å². The highest BCUT2D eigenvalue weighted by molar-refractivity contribution is 8.16. The van der Waals surface area contributed by atoms with Crippen LogP contribution in [0.3, 0.4) is 0 Å². The SMILES string of the molecule is CC(C)c1ccccc1N1C(=NC(=O)COc2ccc(Cl)cc2)S[C@H]2CS(=O)(=O)C[C@@H]21. The van der Waals surface area contributed by atoms with Crippen LogP contribution in [0.2, 0.25) is 5.02 Å². The Morgan fingerprint density at radius 1 is 1.19 bits per heavy atom. The van der Waals surface area contributed by atoms with Crippen LogP contribution in [0.15, 0.2) is 53.5 Å². The fourth-order valence-corrected chi connectivity index (χ4v) is 7.91. The van der Waals surface area contributed by atoms with E-state index < -0.39 is 15.7 Å². The molecule has 9 heteroatoms. The zero-order valence-corrected chi connectivity index (χ0v) is 19.6. The molecule has 164 valence electrons. The van der Waals surface area contributed by atoms with Gasteiger partial charge in [-0.15, -0.1) is 0 Å². The zero-order valence-electron chi connectivity index (χ0n) is 17.2. The molecule has 0 aliphatic carbocycles. The molecule has 6 nitrogen and oxygen atoms in total. The Labute approximate surface area is 191 Å². The molecule has 1 amide bonds. The van der Waals surface area contributed by atoms with Crippen molar-refractivity contribution >= 4 is 50.0 Å². The lowest BCUT2D eigenvalue weighted by Crippen LogP contribution is -2.38. The number of carbonyl (C=O) groups is 1. The first-order valence-electron chi connectivity index (χ1n) is 9.98. The van der Waals surface area contributed by atoms with E-state index in [9.17, 15) is 13.2 Å². The van der Waals surface area contributed by atoms with Gasteiger partial charge in [-0.1, -0.05) is 55.4 Å². The number of rotatable bonds is 5. The molecule has 31 heavy (non-hydrogen) atoms. The molecule has 2 aromatic carbocycles. The van der Waals surface area contributed by atoms with Crippen LogP contribution in [0.5, 0.6) is 5.75 Å². The number of fused-ring (bicyclic) bond motifs is 1. The number of halogens is 1. The first-order valence-corrected chi connectivity index (χ1v) is 13.1. The standard InChI is InChI=1S/C22H23ClN2O4S2/c1-14(2)17-5-3-4-6-18(17)25-19-12-31(27,28)13-20(19)30-22(25)24-21(26)11-29-16-9-7-15(23)8-10-16/h3-10,14,19-20H,11-13H2,1-2H3/t19-,20-/m0/s1. The molecule has 0 aromatic heterocycles. The highest BCUT2D eigenvalue weighted by Crippen LogP contribution is 2.43. The molecule has 0 radical (unpaired) electrons. The Bertz CT molecular complexity index is 1120. The Morgan fingerprint density at radius 3 is 2.61 bits per heavy atom. The number of thioether (sulfide) groups is 1. The van der Waals surface area contributed by atoms with Crippen LogP contribution in [0.1, 0.15) is 25.3 Å². The minimum Gasteiger partial charge on any atom is -0.484 e. The number of amidine groups is 1. The number of amides is 1. The summed E-state index contributed by atoms with van der Waals surface area (Å²) in [5.41, 5.74) is 1.99. The maximum absolute atomic E-state index is 12.6. The van der Waals surface area contributed by atoms with Gasteiger partial charge in [-0.2, -0.15) is 4.99 Å². The summed E-state index contributed by atoms with van der Waals surface area (Å²) in [6, 6.07) is 14.4. The maximum atomic E-state index is 12.6. The maximum Gasteiger partial charge on any atom is 0.285 e. The number of anilines is 1. The third-order valence-corrected chi connectivity index (χ3v) is 8.74. The average Bonchev–Trinajstić information content (AvgIpc) is 3.18. The van der Waals surface area contributed by atoms with Crippen molar-refractivity contribution in [1.29, 1.82) is 0 Å². The highest BCUT2D eigenvalue weighted by Gasteiger charge is 2.49. The van der Waals surface area contributed by atoms with Crippen LogP contribution in [0, 0.1) is 0 Å². The molecule has 4 rings (SSSR count). The first-order chi connectivity index (χ1) is 14.7. The number of sulfone groups is 1. The fourth-order valence-electron chi connectivity index (χ4n) is 3.86. The van der Waals surface area contributed by atoms with E-state index in [4.69, 9.17) is 16.3 Å². The van der Waals surface area contributed by atoms with E-state index in [-0.39, 0.29) is 35.3 Å². The molecule has 2 fully saturated rings. The van der Waals surface area contributed by atoms with Crippen molar-refractivity contribution in [2.24, 2.45) is 4.99 Å². The van der Waals surface area contributed by atoms with Gasteiger partial charge in [-0.05, 0) is 41.8 Å². The van der Waals surface area contributed by atoms with Gasteiger partial charge < -0.3 is 9.64 Å². The van der Waals surface area contributed by atoms with E-state index in [2.05, 4.69) is 18.8 Å². The summed E-state index contributed by atoms with van der Waals surface area (Å²) in [5.74, 6) is 0.501. The lowest BCUT2D eigenvalue weighted by molar-refractivity contribution is -0.119. The van der Waals surface area contributed by atoms with Gasteiger partial charge in [0.05, 0.1) is 17.5 Å². The third-order valence-electron chi connectivity index (χ3n) is 5.28. The van der Waals surface area contributed by atoms with E-state index in [1.807, 2.05) is 29.2 Å². The van der Waals surface area contributed by atoms with Gasteiger partial charge in [-0.25, -0.2) is 8.42 Å². The number of nitrogens with zero attached hydrogens (tertiary/aromatic N) is 2. The zero-order chi connectivity index (χ0) is 22.2. The summed E-state index contributed by atoms with van der Waals surface area (Å²) >= 11 is 7.23. The molecule has 0 N–H and O–H groups in total. The number of carbonyl (C=O) groups excluding carboxylic acids is 1.